The van der Waals surface area contributed by atoms with E-state index in [1.54, 1.807) is 20.8 Å². The summed E-state index contributed by atoms with van der Waals surface area (Å²) in [7, 11) is 0. The predicted molar refractivity (Wildman–Crippen MR) is 93.9 cm³/mol. The standard InChI is InChI=1S/C18H24F3N3O4/c1-11-9-12(6-8-24(11)16(26)27)23-15(25)17(2,3)10-28-14-13(18(19,20)21)5-4-7-22-14/h4-5,7,11-12H,6,8-10H2,1-3H3,(H,23,25)(H,26,27)/t11-,12+/m1/s1. The summed E-state index contributed by atoms with van der Waals surface area (Å²) < 4.78 is 44.3. The van der Waals surface area contributed by atoms with E-state index in [9.17, 15) is 22.8 Å². The fourth-order valence-electron chi connectivity index (χ4n) is 3.00. The molecule has 2 atom stereocenters. The second kappa shape index (κ2) is 8.24. The van der Waals surface area contributed by atoms with Crippen molar-refractivity contribution in [3.8, 4) is 5.88 Å². The molecule has 0 saturated carbocycles. The van der Waals surface area contributed by atoms with Gasteiger partial charge in [-0.25, -0.2) is 9.78 Å². The third-order valence-corrected chi connectivity index (χ3v) is 4.72. The topological polar surface area (TPSA) is 91.8 Å². The molecule has 1 fully saturated rings. The molecule has 28 heavy (non-hydrogen) atoms. The van der Waals surface area contributed by atoms with E-state index in [0.717, 1.165) is 12.1 Å². The molecular formula is C18H24F3N3O4. The number of hydrogen-bond acceptors (Lipinski definition) is 4. The number of carbonyl (C=O) groups is 2. The van der Waals surface area contributed by atoms with Crippen LogP contribution in [0.4, 0.5) is 18.0 Å². The summed E-state index contributed by atoms with van der Waals surface area (Å²) in [6.45, 7) is 4.91. The molecule has 1 saturated heterocycles. The number of hydrogen-bond donors (Lipinski definition) is 2. The molecule has 1 aromatic heterocycles. The van der Waals surface area contributed by atoms with Crippen LogP contribution in [0.1, 0.15) is 39.2 Å². The molecule has 1 aromatic rings. The minimum Gasteiger partial charge on any atom is -0.476 e. The molecule has 10 heteroatoms. The summed E-state index contributed by atoms with van der Waals surface area (Å²) in [4.78, 5) is 28.6. The van der Waals surface area contributed by atoms with Crippen LogP contribution in [0, 0.1) is 5.41 Å². The average Bonchev–Trinajstić information content (AvgIpc) is 2.59. The third kappa shape index (κ3) is 5.26. The number of likely N-dealkylation sites (tertiary alicyclic amines) is 1. The van der Waals surface area contributed by atoms with E-state index >= 15 is 0 Å². The van der Waals surface area contributed by atoms with E-state index in [4.69, 9.17) is 9.84 Å². The van der Waals surface area contributed by atoms with Crippen molar-refractivity contribution in [3.63, 3.8) is 0 Å². The smallest absolute Gasteiger partial charge is 0.421 e. The van der Waals surface area contributed by atoms with Gasteiger partial charge < -0.3 is 20.1 Å². The van der Waals surface area contributed by atoms with Crippen LogP contribution >= 0.6 is 0 Å². The van der Waals surface area contributed by atoms with Crippen LogP contribution in [-0.4, -0.2) is 52.2 Å². The van der Waals surface area contributed by atoms with Crippen molar-refractivity contribution in [1.82, 2.24) is 15.2 Å². The fraction of sp³-hybridized carbons (Fsp3) is 0.611. The molecule has 2 heterocycles. The Morgan fingerprint density at radius 3 is 2.64 bits per heavy atom. The number of alkyl halides is 3. The van der Waals surface area contributed by atoms with Gasteiger partial charge in [0.15, 0.2) is 0 Å². The number of pyridine rings is 1. The normalized spacial score (nSPS) is 20.6. The summed E-state index contributed by atoms with van der Waals surface area (Å²) in [6, 6.07) is 1.59. The molecule has 2 N–H and O–H groups in total. The summed E-state index contributed by atoms with van der Waals surface area (Å²) in [6.07, 6.45) is -3.48. The first-order chi connectivity index (χ1) is 12.9. The maximum absolute atomic E-state index is 13.0. The van der Waals surface area contributed by atoms with E-state index in [1.807, 2.05) is 0 Å². The van der Waals surface area contributed by atoms with Crippen molar-refractivity contribution in [2.75, 3.05) is 13.2 Å². The molecule has 2 amide bonds. The van der Waals surface area contributed by atoms with E-state index in [1.165, 1.54) is 11.1 Å². The van der Waals surface area contributed by atoms with Gasteiger partial charge in [0.1, 0.15) is 12.2 Å². The average molecular weight is 403 g/mol. The van der Waals surface area contributed by atoms with E-state index < -0.39 is 29.1 Å². The van der Waals surface area contributed by atoms with Crippen LogP contribution in [0.25, 0.3) is 0 Å². The van der Waals surface area contributed by atoms with Crippen molar-refractivity contribution in [2.45, 2.75) is 51.9 Å². The zero-order chi connectivity index (χ0) is 21.1. The van der Waals surface area contributed by atoms with Gasteiger partial charge >= 0.3 is 12.3 Å². The van der Waals surface area contributed by atoms with Crippen LogP contribution < -0.4 is 10.1 Å². The number of carbonyl (C=O) groups excluding carboxylic acids is 1. The van der Waals surface area contributed by atoms with Gasteiger partial charge in [0, 0.05) is 24.8 Å². The maximum Gasteiger partial charge on any atom is 0.421 e. The van der Waals surface area contributed by atoms with Crippen molar-refractivity contribution < 1.29 is 32.6 Å². The first-order valence-corrected chi connectivity index (χ1v) is 8.87. The lowest BCUT2D eigenvalue weighted by Crippen LogP contribution is -2.53. The van der Waals surface area contributed by atoms with Gasteiger partial charge in [-0.3, -0.25) is 4.79 Å². The Kier molecular flexibility index (Phi) is 6.41. The van der Waals surface area contributed by atoms with Crippen molar-refractivity contribution >= 4 is 12.0 Å². The van der Waals surface area contributed by atoms with Crippen LogP contribution in [0.15, 0.2) is 18.3 Å². The van der Waals surface area contributed by atoms with Crippen molar-refractivity contribution in [1.29, 1.82) is 0 Å². The highest BCUT2D eigenvalue weighted by Crippen LogP contribution is 2.35. The van der Waals surface area contributed by atoms with Crippen molar-refractivity contribution in [2.24, 2.45) is 5.41 Å². The lowest BCUT2D eigenvalue weighted by Gasteiger charge is -2.37. The largest absolute Gasteiger partial charge is 0.476 e. The van der Waals surface area contributed by atoms with Crippen LogP contribution in [0.2, 0.25) is 0 Å². The number of carboxylic acid groups (broad SMARTS) is 1. The van der Waals surface area contributed by atoms with E-state index in [2.05, 4.69) is 10.3 Å². The summed E-state index contributed by atoms with van der Waals surface area (Å²) in [5, 5.41) is 11.9. The zero-order valence-corrected chi connectivity index (χ0v) is 15.9. The van der Waals surface area contributed by atoms with Gasteiger partial charge in [-0.05, 0) is 45.7 Å². The van der Waals surface area contributed by atoms with Crippen LogP contribution in [-0.2, 0) is 11.0 Å². The lowest BCUT2D eigenvalue weighted by molar-refractivity contribution is -0.139. The van der Waals surface area contributed by atoms with Gasteiger partial charge in [-0.1, -0.05) is 0 Å². The quantitative estimate of drug-likeness (QED) is 0.788. The Morgan fingerprint density at radius 2 is 2.07 bits per heavy atom. The molecule has 0 unspecified atom stereocenters. The molecular weight excluding hydrogens is 379 g/mol. The molecule has 7 nitrogen and oxygen atoms in total. The first kappa shape index (κ1) is 21.8. The van der Waals surface area contributed by atoms with E-state index in [0.29, 0.717) is 19.4 Å². The molecule has 0 aromatic carbocycles. The van der Waals surface area contributed by atoms with Crippen molar-refractivity contribution in [3.05, 3.63) is 23.9 Å². The van der Waals surface area contributed by atoms with E-state index in [-0.39, 0.29) is 24.6 Å². The molecule has 1 aliphatic rings. The Bertz CT molecular complexity index is 724. The number of aromatic nitrogens is 1. The fourth-order valence-corrected chi connectivity index (χ4v) is 3.00. The molecule has 0 bridgehead atoms. The Balaban J connectivity index is 1.96. The number of amides is 2. The third-order valence-electron chi connectivity index (χ3n) is 4.72. The van der Waals surface area contributed by atoms with Gasteiger partial charge in [0.2, 0.25) is 11.8 Å². The zero-order valence-electron chi connectivity index (χ0n) is 15.9. The SMILES string of the molecule is C[C@@H]1C[C@@H](NC(=O)C(C)(C)COc2ncccc2C(F)(F)F)CCN1C(=O)O. The van der Waals surface area contributed by atoms with Gasteiger partial charge in [-0.15, -0.1) is 0 Å². The Labute approximate surface area is 160 Å². The van der Waals surface area contributed by atoms with Crippen LogP contribution in [0.3, 0.4) is 0 Å². The molecule has 0 spiro atoms. The summed E-state index contributed by atoms with van der Waals surface area (Å²) >= 11 is 0. The van der Waals surface area contributed by atoms with Gasteiger partial charge in [-0.2, -0.15) is 13.2 Å². The second-order valence-electron chi connectivity index (χ2n) is 7.55. The molecule has 2 rings (SSSR count). The number of nitrogens with zero attached hydrogens (tertiary/aromatic N) is 2. The Hall–Kier alpha value is -2.52. The van der Waals surface area contributed by atoms with Gasteiger partial charge in [0.05, 0.1) is 5.41 Å². The maximum atomic E-state index is 13.0. The molecule has 1 aliphatic heterocycles. The minimum absolute atomic E-state index is 0.210. The highest BCUT2D eigenvalue weighted by molar-refractivity contribution is 5.82. The van der Waals surface area contributed by atoms with Crippen LogP contribution in [0.5, 0.6) is 5.88 Å². The molecule has 156 valence electrons. The number of halogens is 3. The van der Waals surface area contributed by atoms with Gasteiger partial charge in [0.25, 0.3) is 0 Å². The minimum atomic E-state index is -4.61. The number of ether oxygens (including phenoxy) is 1. The number of nitrogens with one attached hydrogen (secondary N) is 1. The second-order valence-corrected chi connectivity index (χ2v) is 7.55. The summed E-state index contributed by atoms with van der Waals surface area (Å²) in [5.41, 5.74) is -2.10. The number of rotatable bonds is 5. The lowest BCUT2D eigenvalue weighted by atomic mass is 9.91. The Morgan fingerprint density at radius 1 is 1.39 bits per heavy atom. The predicted octanol–water partition coefficient (Wildman–Crippen LogP) is 3.15. The molecule has 0 aliphatic carbocycles. The summed E-state index contributed by atoms with van der Waals surface area (Å²) in [5.74, 6) is -0.947. The highest BCUT2D eigenvalue weighted by atomic mass is 19.4. The highest BCUT2D eigenvalue weighted by Gasteiger charge is 2.37. The monoisotopic (exact) mass is 403 g/mol. The number of piperidine rings is 1. The molecule has 0 radical (unpaired) electrons. The first-order valence-electron chi connectivity index (χ1n) is 8.87.